The Bertz CT molecular complexity index is 1530. The summed E-state index contributed by atoms with van der Waals surface area (Å²) in [6.07, 6.45) is 14.2. The molecule has 2 aromatic carbocycles. The summed E-state index contributed by atoms with van der Waals surface area (Å²) in [6, 6.07) is 11.0. The number of nitrogens with zero attached hydrogens (tertiary/aromatic N) is 4. The van der Waals surface area contributed by atoms with Crippen molar-refractivity contribution >= 4 is 81.9 Å². The zero-order valence-corrected chi connectivity index (χ0v) is 31.4. The number of aryl methyl sites for hydroxylation is 2. The quantitative estimate of drug-likeness (QED) is 0.0561. The van der Waals surface area contributed by atoms with Crippen LogP contribution in [0.2, 0.25) is 20.1 Å². The largest absolute Gasteiger partial charge is 0.425 e. The number of ether oxygens (including phenoxy) is 2. The van der Waals surface area contributed by atoms with Gasteiger partial charge >= 0.3 is 24.0 Å². The molecule has 0 aliphatic carbocycles. The van der Waals surface area contributed by atoms with Crippen LogP contribution in [0, 0.1) is 0 Å². The second-order valence-electron chi connectivity index (χ2n) is 11.1. The van der Waals surface area contributed by atoms with E-state index in [-0.39, 0.29) is 22.5 Å². The Morgan fingerprint density at radius 3 is 1.48 bits per heavy atom. The average Bonchev–Trinajstić information content (AvgIpc) is 3.70. The molecule has 2 aromatic heterocycles. The van der Waals surface area contributed by atoms with Crippen molar-refractivity contribution in [1.29, 1.82) is 0 Å². The summed E-state index contributed by atoms with van der Waals surface area (Å²) >= 11 is 28.4. The molecule has 0 spiro atoms. The second-order valence-corrected chi connectivity index (χ2v) is 15.4. The SMILES string of the molecule is CCCCC(CCn1ccnc1OC(=O)C(=O)Oc1nccn1CCC(CCCC)Sc1ccc(Cl)cc1Cl)Sc1ccc(Cl)cc1Cl. The first-order valence-electron chi connectivity index (χ1n) is 15.9. The molecule has 0 saturated heterocycles. The lowest BCUT2D eigenvalue weighted by Gasteiger charge is -2.18. The Balaban J connectivity index is 1.32. The number of carbonyl (C=O) groups is 2. The summed E-state index contributed by atoms with van der Waals surface area (Å²) in [4.78, 5) is 35.8. The van der Waals surface area contributed by atoms with Crippen LogP contribution >= 0.6 is 69.9 Å². The third-order valence-electron chi connectivity index (χ3n) is 7.41. The number of halogens is 4. The van der Waals surface area contributed by atoms with Crippen LogP contribution in [0.1, 0.15) is 65.2 Å². The molecule has 0 amide bonds. The van der Waals surface area contributed by atoms with Crippen molar-refractivity contribution in [2.75, 3.05) is 0 Å². The van der Waals surface area contributed by atoms with Crippen molar-refractivity contribution in [3.05, 3.63) is 81.3 Å². The minimum Gasteiger partial charge on any atom is -0.383 e. The summed E-state index contributed by atoms with van der Waals surface area (Å²) in [5, 5.41) is 2.91. The zero-order chi connectivity index (χ0) is 34.5. The van der Waals surface area contributed by atoms with Crippen LogP contribution < -0.4 is 9.47 Å². The Morgan fingerprint density at radius 1 is 0.688 bits per heavy atom. The molecule has 2 atom stereocenters. The average molecular weight is 773 g/mol. The number of esters is 2. The van der Waals surface area contributed by atoms with Gasteiger partial charge in [-0.15, -0.1) is 23.5 Å². The molecule has 8 nitrogen and oxygen atoms in total. The normalized spacial score (nSPS) is 12.5. The maximum Gasteiger partial charge on any atom is 0.425 e. The predicted octanol–water partition coefficient (Wildman–Crippen LogP) is 10.7. The van der Waals surface area contributed by atoms with Gasteiger partial charge in [0.2, 0.25) is 0 Å². The van der Waals surface area contributed by atoms with Crippen LogP contribution in [-0.4, -0.2) is 41.5 Å². The highest BCUT2D eigenvalue weighted by Gasteiger charge is 2.24. The maximum absolute atomic E-state index is 12.8. The molecule has 0 radical (unpaired) electrons. The number of unbranched alkanes of at least 4 members (excludes halogenated alkanes) is 2. The van der Waals surface area contributed by atoms with Gasteiger partial charge in [0.1, 0.15) is 0 Å². The lowest BCUT2D eigenvalue weighted by atomic mass is 10.1. The zero-order valence-electron chi connectivity index (χ0n) is 26.7. The highest BCUT2D eigenvalue weighted by atomic mass is 35.5. The fourth-order valence-corrected chi connectivity index (χ4v) is 8.30. The molecule has 0 fully saturated rings. The Kier molecular flexibility index (Phi) is 15.8. The van der Waals surface area contributed by atoms with Crippen molar-refractivity contribution in [2.45, 2.75) is 98.6 Å². The Hall–Kier alpha value is -2.34. The first-order chi connectivity index (χ1) is 23.2. The van der Waals surface area contributed by atoms with E-state index in [1.807, 2.05) is 24.3 Å². The topological polar surface area (TPSA) is 88.2 Å². The van der Waals surface area contributed by atoms with Gasteiger partial charge in [0.25, 0.3) is 0 Å². The van der Waals surface area contributed by atoms with E-state index in [1.165, 1.54) is 12.4 Å². The van der Waals surface area contributed by atoms with Gasteiger partial charge < -0.3 is 18.6 Å². The van der Waals surface area contributed by atoms with Crippen molar-refractivity contribution in [3.8, 4) is 12.0 Å². The van der Waals surface area contributed by atoms with E-state index in [9.17, 15) is 9.59 Å². The molecule has 0 N–H and O–H groups in total. The minimum atomic E-state index is -1.18. The summed E-state index contributed by atoms with van der Waals surface area (Å²) in [7, 11) is 0. The highest BCUT2D eigenvalue weighted by molar-refractivity contribution is 8.00. The lowest BCUT2D eigenvalue weighted by Crippen LogP contribution is -2.28. The summed E-state index contributed by atoms with van der Waals surface area (Å²) in [5.41, 5.74) is 0. The van der Waals surface area contributed by atoms with E-state index in [4.69, 9.17) is 55.9 Å². The minimum absolute atomic E-state index is 0.0145. The lowest BCUT2D eigenvalue weighted by molar-refractivity contribution is -0.157. The third kappa shape index (κ3) is 11.9. The smallest absolute Gasteiger partial charge is 0.383 e. The van der Waals surface area contributed by atoms with Gasteiger partial charge in [-0.3, -0.25) is 0 Å². The van der Waals surface area contributed by atoms with Crippen LogP contribution in [0.15, 0.2) is 71.0 Å². The van der Waals surface area contributed by atoms with E-state index in [1.54, 1.807) is 57.2 Å². The molecule has 0 aliphatic heterocycles. The van der Waals surface area contributed by atoms with Gasteiger partial charge in [0.05, 0.1) is 10.0 Å². The highest BCUT2D eigenvalue weighted by Crippen LogP contribution is 2.37. The summed E-state index contributed by atoms with van der Waals surface area (Å²) < 4.78 is 14.1. The molecule has 4 aromatic rings. The molecule has 0 aliphatic rings. The van der Waals surface area contributed by atoms with Gasteiger partial charge in [0.15, 0.2) is 0 Å². The Morgan fingerprint density at radius 2 is 1.10 bits per heavy atom. The molecule has 2 unspecified atom stereocenters. The number of imidazole rings is 2. The fourth-order valence-electron chi connectivity index (χ4n) is 4.85. The van der Waals surface area contributed by atoms with Gasteiger partial charge in [-0.2, -0.15) is 0 Å². The fraction of sp³-hybridized carbons (Fsp3) is 0.412. The number of benzene rings is 2. The Labute approximate surface area is 310 Å². The molecule has 258 valence electrons. The van der Waals surface area contributed by atoms with Crippen LogP contribution in [0.4, 0.5) is 0 Å². The molecular formula is C34H38Cl4N4O4S2. The van der Waals surface area contributed by atoms with Crippen molar-refractivity contribution in [2.24, 2.45) is 0 Å². The molecular weight excluding hydrogens is 734 g/mol. The molecule has 48 heavy (non-hydrogen) atoms. The predicted molar refractivity (Wildman–Crippen MR) is 196 cm³/mol. The molecule has 0 bridgehead atoms. The van der Waals surface area contributed by atoms with E-state index in [0.717, 1.165) is 61.2 Å². The third-order valence-corrected chi connectivity index (χ3v) is 11.6. The number of hydrogen-bond acceptors (Lipinski definition) is 8. The molecule has 0 saturated carbocycles. The van der Waals surface area contributed by atoms with Crippen LogP contribution in [0.3, 0.4) is 0 Å². The van der Waals surface area contributed by atoms with Crippen molar-refractivity contribution < 1.29 is 19.1 Å². The number of aromatic nitrogens is 4. The molecule has 4 rings (SSSR count). The maximum atomic E-state index is 12.8. The van der Waals surface area contributed by atoms with E-state index in [2.05, 4.69) is 23.8 Å². The van der Waals surface area contributed by atoms with E-state index in [0.29, 0.717) is 33.2 Å². The number of rotatable bonds is 18. The first-order valence-corrected chi connectivity index (χ1v) is 19.1. The standard InChI is InChI=1S/C34H38Cl4N4O4S2/c1-3-5-7-25(47-29-11-9-23(35)21-27(29)37)13-17-41-19-15-39-33(41)45-31(43)32(44)46-34-40-16-20-42(34)18-14-26(8-6-4-2)48-30-12-10-24(36)22-28(30)38/h9-12,15-16,19-22,25-26H,3-8,13-14,17-18H2,1-2H3. The van der Waals surface area contributed by atoms with Gasteiger partial charge in [0, 0.05) is 68.2 Å². The number of hydrogen-bond donors (Lipinski definition) is 0. The van der Waals surface area contributed by atoms with Crippen LogP contribution in [0.5, 0.6) is 12.0 Å². The van der Waals surface area contributed by atoms with Crippen LogP contribution in [-0.2, 0) is 22.7 Å². The summed E-state index contributed by atoms with van der Waals surface area (Å²) in [6.45, 7) is 5.34. The van der Waals surface area contributed by atoms with Gasteiger partial charge in [-0.05, 0) is 62.1 Å². The van der Waals surface area contributed by atoms with E-state index >= 15 is 0 Å². The second kappa shape index (κ2) is 19.7. The van der Waals surface area contributed by atoms with Crippen molar-refractivity contribution in [1.82, 2.24) is 19.1 Å². The van der Waals surface area contributed by atoms with E-state index < -0.39 is 11.9 Å². The van der Waals surface area contributed by atoms with Gasteiger partial charge in [-0.25, -0.2) is 19.6 Å². The van der Waals surface area contributed by atoms with Crippen molar-refractivity contribution in [3.63, 3.8) is 0 Å². The number of carbonyl (C=O) groups excluding carboxylic acids is 2. The number of thioether (sulfide) groups is 2. The van der Waals surface area contributed by atoms with Gasteiger partial charge in [-0.1, -0.05) is 85.9 Å². The molecule has 14 heteroatoms. The monoisotopic (exact) mass is 770 g/mol. The first kappa shape index (κ1) is 38.5. The van der Waals surface area contributed by atoms with Crippen LogP contribution in [0.25, 0.3) is 0 Å². The molecule has 2 heterocycles. The summed E-state index contributed by atoms with van der Waals surface area (Å²) in [5.74, 6) is -2.37.